The molecule has 1 aromatic carbocycles. The molecule has 1 aliphatic heterocycles. The van der Waals surface area contributed by atoms with Crippen molar-refractivity contribution >= 4 is 5.91 Å². The molecular formula is C16H21NO. The Hall–Kier alpha value is -1.31. The smallest absolute Gasteiger partial charge is 0.226 e. The molecule has 1 saturated heterocycles. The zero-order valence-electron chi connectivity index (χ0n) is 11.2. The number of fused-ring (bicyclic) bond motifs is 1. The van der Waals surface area contributed by atoms with E-state index in [-0.39, 0.29) is 17.4 Å². The SMILES string of the molecule is C[C@H](c1ccccc1)N1C[C@]2(C)CCC[C@@H]2C1=O. The summed E-state index contributed by atoms with van der Waals surface area (Å²) < 4.78 is 0. The number of carbonyl (C=O) groups excluding carboxylic acids is 1. The minimum absolute atomic E-state index is 0.209. The number of nitrogens with zero attached hydrogens (tertiary/aromatic N) is 1. The molecule has 0 spiro atoms. The van der Waals surface area contributed by atoms with Gasteiger partial charge in [-0.05, 0) is 30.7 Å². The molecule has 2 nitrogen and oxygen atoms in total. The highest BCUT2D eigenvalue weighted by molar-refractivity contribution is 5.83. The van der Waals surface area contributed by atoms with Crippen molar-refractivity contribution in [2.75, 3.05) is 6.54 Å². The summed E-state index contributed by atoms with van der Waals surface area (Å²) in [7, 11) is 0. The van der Waals surface area contributed by atoms with Crippen molar-refractivity contribution in [2.24, 2.45) is 11.3 Å². The highest BCUT2D eigenvalue weighted by Crippen LogP contribution is 2.50. The number of amides is 1. The van der Waals surface area contributed by atoms with Crippen LogP contribution in [0.4, 0.5) is 0 Å². The monoisotopic (exact) mass is 243 g/mol. The van der Waals surface area contributed by atoms with Crippen molar-refractivity contribution in [3.63, 3.8) is 0 Å². The Balaban J connectivity index is 1.85. The Labute approximate surface area is 109 Å². The summed E-state index contributed by atoms with van der Waals surface area (Å²) in [6.07, 6.45) is 3.52. The van der Waals surface area contributed by atoms with Gasteiger partial charge in [0.25, 0.3) is 0 Å². The lowest BCUT2D eigenvalue weighted by atomic mass is 9.83. The molecule has 2 aliphatic rings. The van der Waals surface area contributed by atoms with Gasteiger partial charge in [0.05, 0.1) is 6.04 Å². The summed E-state index contributed by atoms with van der Waals surface area (Å²) in [5, 5.41) is 0. The van der Waals surface area contributed by atoms with Crippen LogP contribution in [0.2, 0.25) is 0 Å². The predicted octanol–water partition coefficient (Wildman–Crippen LogP) is 3.40. The summed E-state index contributed by atoms with van der Waals surface area (Å²) >= 11 is 0. The van der Waals surface area contributed by atoms with Crippen LogP contribution >= 0.6 is 0 Å². The van der Waals surface area contributed by atoms with Gasteiger partial charge in [0.15, 0.2) is 0 Å². The Morgan fingerprint density at radius 2 is 2.06 bits per heavy atom. The van der Waals surface area contributed by atoms with Crippen LogP contribution in [-0.4, -0.2) is 17.4 Å². The van der Waals surface area contributed by atoms with E-state index >= 15 is 0 Å². The summed E-state index contributed by atoms with van der Waals surface area (Å²) in [6.45, 7) is 5.38. The predicted molar refractivity (Wildman–Crippen MR) is 72.0 cm³/mol. The van der Waals surface area contributed by atoms with Crippen LogP contribution in [0.25, 0.3) is 0 Å². The van der Waals surface area contributed by atoms with Crippen LogP contribution in [-0.2, 0) is 4.79 Å². The van der Waals surface area contributed by atoms with E-state index in [9.17, 15) is 4.79 Å². The van der Waals surface area contributed by atoms with E-state index in [0.717, 1.165) is 13.0 Å². The van der Waals surface area contributed by atoms with E-state index in [1.54, 1.807) is 0 Å². The minimum atomic E-state index is 0.209. The van der Waals surface area contributed by atoms with Crippen molar-refractivity contribution in [1.82, 2.24) is 4.90 Å². The first kappa shape index (κ1) is 11.8. The molecule has 0 unspecified atom stereocenters. The molecular weight excluding hydrogens is 222 g/mol. The first-order valence-electron chi connectivity index (χ1n) is 6.97. The number of likely N-dealkylation sites (tertiary alicyclic amines) is 1. The van der Waals surface area contributed by atoms with Crippen LogP contribution < -0.4 is 0 Å². The third-order valence-electron chi connectivity index (χ3n) is 4.94. The average Bonchev–Trinajstić information content (AvgIpc) is 2.87. The Bertz CT molecular complexity index is 455. The Kier molecular flexibility index (Phi) is 2.69. The van der Waals surface area contributed by atoms with Gasteiger partial charge in [-0.25, -0.2) is 0 Å². The lowest BCUT2D eigenvalue weighted by molar-refractivity contribution is -0.133. The van der Waals surface area contributed by atoms with Crippen LogP contribution in [0.1, 0.15) is 44.7 Å². The van der Waals surface area contributed by atoms with Gasteiger partial charge in [0.1, 0.15) is 0 Å². The van der Waals surface area contributed by atoms with Crippen LogP contribution in [0.15, 0.2) is 30.3 Å². The van der Waals surface area contributed by atoms with Crippen LogP contribution in [0.5, 0.6) is 0 Å². The third-order valence-corrected chi connectivity index (χ3v) is 4.94. The zero-order valence-corrected chi connectivity index (χ0v) is 11.2. The summed E-state index contributed by atoms with van der Waals surface area (Å²) in [5.74, 6) is 0.662. The fourth-order valence-corrected chi connectivity index (χ4v) is 3.75. The largest absolute Gasteiger partial charge is 0.335 e. The molecule has 2 fully saturated rings. The van der Waals surface area contributed by atoms with E-state index in [1.807, 2.05) is 6.07 Å². The molecule has 18 heavy (non-hydrogen) atoms. The molecule has 3 rings (SSSR count). The lowest BCUT2D eigenvalue weighted by Crippen LogP contribution is -2.30. The van der Waals surface area contributed by atoms with Crippen molar-refractivity contribution in [3.05, 3.63) is 35.9 Å². The molecule has 0 radical (unpaired) electrons. The second-order valence-electron chi connectivity index (χ2n) is 6.15. The number of hydrogen-bond acceptors (Lipinski definition) is 1. The zero-order chi connectivity index (χ0) is 12.8. The van der Waals surface area contributed by atoms with Gasteiger partial charge >= 0.3 is 0 Å². The lowest BCUT2D eigenvalue weighted by Gasteiger charge is -2.27. The van der Waals surface area contributed by atoms with Gasteiger partial charge < -0.3 is 4.90 Å². The topological polar surface area (TPSA) is 20.3 Å². The van der Waals surface area contributed by atoms with Crippen LogP contribution in [0.3, 0.4) is 0 Å². The van der Waals surface area contributed by atoms with E-state index in [2.05, 4.69) is 43.0 Å². The molecule has 96 valence electrons. The summed E-state index contributed by atoms with van der Waals surface area (Å²) in [6, 6.07) is 10.6. The molecule has 2 heteroatoms. The molecule has 0 aromatic heterocycles. The van der Waals surface area contributed by atoms with Crippen molar-refractivity contribution in [2.45, 2.75) is 39.2 Å². The van der Waals surface area contributed by atoms with Crippen molar-refractivity contribution in [3.8, 4) is 0 Å². The van der Waals surface area contributed by atoms with Gasteiger partial charge in [-0.2, -0.15) is 0 Å². The molecule has 1 heterocycles. The second-order valence-corrected chi connectivity index (χ2v) is 6.15. The van der Waals surface area contributed by atoms with Crippen molar-refractivity contribution < 1.29 is 4.79 Å². The first-order chi connectivity index (χ1) is 8.62. The maximum Gasteiger partial charge on any atom is 0.226 e. The van der Waals surface area contributed by atoms with Crippen molar-refractivity contribution in [1.29, 1.82) is 0 Å². The fraction of sp³-hybridized carbons (Fsp3) is 0.562. The van der Waals surface area contributed by atoms with E-state index in [0.29, 0.717) is 5.91 Å². The molecule has 1 aliphatic carbocycles. The maximum atomic E-state index is 12.5. The van der Waals surface area contributed by atoms with E-state index < -0.39 is 0 Å². The van der Waals surface area contributed by atoms with Gasteiger partial charge in [-0.3, -0.25) is 4.79 Å². The van der Waals surface area contributed by atoms with Gasteiger partial charge in [0.2, 0.25) is 5.91 Å². The normalized spacial score (nSPS) is 32.7. The molecule has 3 atom stereocenters. The van der Waals surface area contributed by atoms with Gasteiger partial charge in [0, 0.05) is 12.5 Å². The average molecular weight is 243 g/mol. The Morgan fingerprint density at radius 1 is 1.33 bits per heavy atom. The van der Waals surface area contributed by atoms with Gasteiger partial charge in [-0.15, -0.1) is 0 Å². The highest BCUT2D eigenvalue weighted by Gasteiger charge is 2.52. The number of rotatable bonds is 2. The number of carbonyl (C=O) groups is 1. The van der Waals surface area contributed by atoms with Crippen LogP contribution in [0, 0.1) is 11.3 Å². The molecule has 0 bridgehead atoms. The molecule has 1 amide bonds. The highest BCUT2D eigenvalue weighted by atomic mass is 16.2. The Morgan fingerprint density at radius 3 is 2.72 bits per heavy atom. The number of benzene rings is 1. The quantitative estimate of drug-likeness (QED) is 0.779. The second kappa shape index (κ2) is 4.11. The molecule has 1 saturated carbocycles. The fourth-order valence-electron chi connectivity index (χ4n) is 3.75. The third kappa shape index (κ3) is 1.66. The van der Waals surface area contributed by atoms with Gasteiger partial charge in [-0.1, -0.05) is 43.7 Å². The minimum Gasteiger partial charge on any atom is -0.335 e. The maximum absolute atomic E-state index is 12.5. The molecule has 0 N–H and O–H groups in total. The summed E-state index contributed by atoms with van der Waals surface area (Å²) in [4.78, 5) is 14.6. The van der Waals surface area contributed by atoms with E-state index in [4.69, 9.17) is 0 Å². The first-order valence-corrected chi connectivity index (χ1v) is 6.97. The standard InChI is InChI=1S/C16H21NO/c1-12(13-7-4-3-5-8-13)17-11-16(2)10-6-9-14(16)15(17)18/h3-5,7-8,12,14H,6,9-11H2,1-2H3/t12-,14-,16+/m1/s1. The number of hydrogen-bond donors (Lipinski definition) is 0. The summed E-state index contributed by atoms with van der Waals surface area (Å²) in [5.41, 5.74) is 1.48. The van der Waals surface area contributed by atoms with E-state index in [1.165, 1.54) is 18.4 Å². The molecule has 1 aromatic rings.